The van der Waals surface area contributed by atoms with Crippen molar-refractivity contribution in [3.05, 3.63) is 40.6 Å². The largest absolute Gasteiger partial charge is 0.463 e. The van der Waals surface area contributed by atoms with Crippen molar-refractivity contribution in [1.29, 1.82) is 0 Å². The van der Waals surface area contributed by atoms with Crippen LogP contribution in [0, 0.1) is 10.1 Å². The lowest BCUT2D eigenvalue weighted by atomic mass is 10.2. The topological polar surface area (TPSA) is 81.2 Å². The van der Waals surface area contributed by atoms with Crippen molar-refractivity contribution >= 4 is 11.5 Å². The van der Waals surface area contributed by atoms with Crippen molar-refractivity contribution in [3.63, 3.8) is 0 Å². The van der Waals surface area contributed by atoms with E-state index < -0.39 is 4.92 Å². The first-order chi connectivity index (χ1) is 8.20. The number of nitrogens with one attached hydrogen (secondary N) is 1. The number of rotatable bonds is 4. The van der Waals surface area contributed by atoms with Gasteiger partial charge in [0, 0.05) is 12.6 Å². The second-order valence-electron chi connectivity index (χ2n) is 3.36. The Balaban J connectivity index is 2.48. The molecular formula is C11H11N3O3. The van der Waals surface area contributed by atoms with Gasteiger partial charge in [0.2, 0.25) is 0 Å². The summed E-state index contributed by atoms with van der Waals surface area (Å²) in [6.45, 7) is 2.54. The molecule has 0 aliphatic carbocycles. The van der Waals surface area contributed by atoms with Crippen LogP contribution in [0.5, 0.6) is 0 Å². The number of nitrogens with zero attached hydrogens (tertiary/aromatic N) is 2. The van der Waals surface area contributed by atoms with Gasteiger partial charge >= 0.3 is 0 Å². The number of hydrogen-bond donors (Lipinski definition) is 1. The van der Waals surface area contributed by atoms with Crippen molar-refractivity contribution in [2.24, 2.45) is 0 Å². The molecule has 17 heavy (non-hydrogen) atoms. The molecule has 0 unspecified atom stereocenters. The lowest BCUT2D eigenvalue weighted by Gasteiger charge is -2.04. The van der Waals surface area contributed by atoms with Crippen molar-refractivity contribution < 1.29 is 9.34 Å². The molecule has 0 radical (unpaired) electrons. The van der Waals surface area contributed by atoms with Gasteiger partial charge in [0.15, 0.2) is 5.76 Å². The van der Waals surface area contributed by atoms with Crippen LogP contribution in [0.25, 0.3) is 11.5 Å². The van der Waals surface area contributed by atoms with E-state index in [1.807, 2.05) is 6.92 Å². The van der Waals surface area contributed by atoms with Crippen LogP contribution < -0.4 is 5.32 Å². The van der Waals surface area contributed by atoms with Crippen LogP contribution >= 0.6 is 0 Å². The van der Waals surface area contributed by atoms with Gasteiger partial charge in [-0.05, 0) is 19.1 Å². The van der Waals surface area contributed by atoms with Gasteiger partial charge in [-0.2, -0.15) is 0 Å². The Morgan fingerprint density at radius 2 is 2.35 bits per heavy atom. The molecule has 0 aliphatic heterocycles. The van der Waals surface area contributed by atoms with Crippen LogP contribution in [0.15, 0.2) is 34.9 Å². The van der Waals surface area contributed by atoms with Gasteiger partial charge < -0.3 is 9.73 Å². The Labute approximate surface area is 97.4 Å². The van der Waals surface area contributed by atoms with E-state index >= 15 is 0 Å². The first-order valence-corrected chi connectivity index (χ1v) is 5.15. The normalized spacial score (nSPS) is 10.2. The molecule has 0 bridgehead atoms. The third-order valence-electron chi connectivity index (χ3n) is 2.15. The second-order valence-corrected chi connectivity index (χ2v) is 3.36. The van der Waals surface area contributed by atoms with Gasteiger partial charge in [0.1, 0.15) is 11.5 Å². The summed E-state index contributed by atoms with van der Waals surface area (Å²) in [5.74, 6) is 0.973. The summed E-state index contributed by atoms with van der Waals surface area (Å²) in [5, 5.41) is 13.7. The molecule has 0 saturated carbocycles. The first-order valence-electron chi connectivity index (χ1n) is 5.15. The van der Waals surface area contributed by atoms with Crippen molar-refractivity contribution in [1.82, 2.24) is 4.98 Å². The van der Waals surface area contributed by atoms with Gasteiger partial charge in [0.25, 0.3) is 5.69 Å². The number of pyridine rings is 1. The zero-order chi connectivity index (χ0) is 12.3. The Bertz CT molecular complexity index is 523. The highest BCUT2D eigenvalue weighted by atomic mass is 16.6. The van der Waals surface area contributed by atoms with Crippen LogP contribution in [-0.4, -0.2) is 16.5 Å². The van der Waals surface area contributed by atoms with Gasteiger partial charge in [-0.15, -0.1) is 0 Å². The monoisotopic (exact) mass is 233 g/mol. The maximum absolute atomic E-state index is 10.8. The molecule has 0 atom stereocenters. The summed E-state index contributed by atoms with van der Waals surface area (Å²) in [5.41, 5.74) is 0.433. The van der Waals surface area contributed by atoms with Crippen molar-refractivity contribution in [3.8, 4) is 11.5 Å². The first kappa shape index (κ1) is 11.1. The minimum Gasteiger partial charge on any atom is -0.463 e. The fourth-order valence-corrected chi connectivity index (χ4v) is 1.44. The molecule has 0 fully saturated rings. The van der Waals surface area contributed by atoms with E-state index in [0.29, 0.717) is 23.8 Å². The van der Waals surface area contributed by atoms with E-state index in [1.54, 1.807) is 12.1 Å². The number of nitro groups is 1. The Hall–Kier alpha value is -2.37. The maximum Gasteiger partial charge on any atom is 0.275 e. The van der Waals surface area contributed by atoms with Gasteiger partial charge in [0.05, 0.1) is 17.3 Å². The highest BCUT2D eigenvalue weighted by molar-refractivity contribution is 5.61. The average molecular weight is 233 g/mol. The highest BCUT2D eigenvalue weighted by Crippen LogP contribution is 2.25. The fraction of sp³-hybridized carbons (Fsp3) is 0.182. The molecule has 88 valence electrons. The highest BCUT2D eigenvalue weighted by Gasteiger charge is 2.13. The van der Waals surface area contributed by atoms with E-state index in [0.717, 1.165) is 0 Å². The third-order valence-corrected chi connectivity index (χ3v) is 2.15. The molecule has 0 aromatic carbocycles. The second kappa shape index (κ2) is 4.65. The standard InChI is InChI=1S/C11H11N3O3/c1-2-12-11-7-8(14(15)16)6-9(13-11)10-4-3-5-17-10/h3-7H,2H2,1H3,(H,12,13). The fourth-order valence-electron chi connectivity index (χ4n) is 1.44. The molecule has 2 heterocycles. The molecule has 0 spiro atoms. The number of hydrogen-bond acceptors (Lipinski definition) is 5. The minimum absolute atomic E-state index is 0.0117. The number of furan rings is 1. The molecule has 1 N–H and O–H groups in total. The summed E-state index contributed by atoms with van der Waals surface area (Å²) in [4.78, 5) is 14.6. The van der Waals surface area contributed by atoms with Gasteiger partial charge in [-0.1, -0.05) is 0 Å². The summed E-state index contributed by atoms with van der Waals surface area (Å²) < 4.78 is 5.17. The van der Waals surface area contributed by atoms with E-state index in [-0.39, 0.29) is 5.69 Å². The van der Waals surface area contributed by atoms with E-state index in [1.165, 1.54) is 18.4 Å². The van der Waals surface area contributed by atoms with Crippen LogP contribution in [-0.2, 0) is 0 Å². The van der Waals surface area contributed by atoms with E-state index in [9.17, 15) is 10.1 Å². The summed E-state index contributed by atoms with van der Waals surface area (Å²) in [6.07, 6.45) is 1.50. The average Bonchev–Trinajstić information content (AvgIpc) is 2.82. The lowest BCUT2D eigenvalue weighted by molar-refractivity contribution is -0.384. The predicted molar refractivity (Wildman–Crippen MR) is 62.8 cm³/mol. The molecule has 2 aromatic rings. The van der Waals surface area contributed by atoms with E-state index in [2.05, 4.69) is 10.3 Å². The lowest BCUT2D eigenvalue weighted by Crippen LogP contribution is -2.01. The van der Waals surface area contributed by atoms with Crippen molar-refractivity contribution in [2.75, 3.05) is 11.9 Å². The molecule has 0 aliphatic rings. The molecular weight excluding hydrogens is 222 g/mol. The molecule has 2 rings (SSSR count). The molecule has 0 saturated heterocycles. The van der Waals surface area contributed by atoms with Gasteiger partial charge in [-0.25, -0.2) is 4.98 Å². The van der Waals surface area contributed by atoms with Crippen LogP contribution in [0.4, 0.5) is 11.5 Å². The minimum atomic E-state index is -0.449. The van der Waals surface area contributed by atoms with Crippen molar-refractivity contribution in [2.45, 2.75) is 6.92 Å². The zero-order valence-corrected chi connectivity index (χ0v) is 9.21. The summed E-state index contributed by atoms with van der Waals surface area (Å²) >= 11 is 0. The molecule has 2 aromatic heterocycles. The summed E-state index contributed by atoms with van der Waals surface area (Å²) in [6, 6.07) is 6.21. The SMILES string of the molecule is CCNc1cc([N+](=O)[O-])cc(-c2ccco2)n1. The Morgan fingerprint density at radius 1 is 1.53 bits per heavy atom. The third kappa shape index (κ3) is 2.41. The number of aromatic nitrogens is 1. The smallest absolute Gasteiger partial charge is 0.275 e. The maximum atomic E-state index is 10.8. The van der Waals surface area contributed by atoms with Crippen LogP contribution in [0.1, 0.15) is 6.92 Å². The molecule has 6 nitrogen and oxygen atoms in total. The number of anilines is 1. The molecule has 0 amide bonds. The van der Waals surface area contributed by atoms with Crippen LogP contribution in [0.2, 0.25) is 0 Å². The Morgan fingerprint density at radius 3 is 2.94 bits per heavy atom. The quantitative estimate of drug-likeness (QED) is 0.648. The zero-order valence-electron chi connectivity index (χ0n) is 9.21. The van der Waals surface area contributed by atoms with E-state index in [4.69, 9.17) is 4.42 Å². The molecule has 6 heteroatoms. The Kier molecular flexibility index (Phi) is 3.04. The predicted octanol–water partition coefficient (Wildman–Crippen LogP) is 2.68. The van der Waals surface area contributed by atoms with Gasteiger partial charge in [-0.3, -0.25) is 10.1 Å². The summed E-state index contributed by atoms with van der Waals surface area (Å²) in [7, 11) is 0. The van der Waals surface area contributed by atoms with Crippen LogP contribution in [0.3, 0.4) is 0 Å².